The topological polar surface area (TPSA) is 21.3 Å². The number of benzene rings is 2. The zero-order chi connectivity index (χ0) is 15.2. The number of anilines is 1. The van der Waals surface area contributed by atoms with Gasteiger partial charge in [-0.05, 0) is 56.5 Å². The Hall–Kier alpha value is -1.67. The average molecular weight is 304 g/mol. The highest BCUT2D eigenvalue weighted by atomic mass is 35.5. The summed E-state index contributed by atoms with van der Waals surface area (Å²) in [6, 6.07) is 12.2. The molecule has 0 fully saturated rings. The molecule has 0 saturated heterocycles. The van der Waals surface area contributed by atoms with Crippen LogP contribution in [0, 0.1) is 20.8 Å². The molecule has 3 heteroatoms. The van der Waals surface area contributed by atoms with Crippen molar-refractivity contribution in [2.75, 3.05) is 18.5 Å². The van der Waals surface area contributed by atoms with Gasteiger partial charge >= 0.3 is 0 Å². The quantitative estimate of drug-likeness (QED) is 0.745. The lowest BCUT2D eigenvalue weighted by molar-refractivity contribution is 0.315. The molecule has 0 aromatic heterocycles. The fraction of sp³-hybridized carbons (Fsp3) is 0.333. The van der Waals surface area contributed by atoms with E-state index in [-0.39, 0.29) is 0 Å². The highest BCUT2D eigenvalue weighted by Crippen LogP contribution is 2.27. The second-order valence-corrected chi connectivity index (χ2v) is 5.79. The van der Waals surface area contributed by atoms with Gasteiger partial charge in [-0.25, -0.2) is 0 Å². The third kappa shape index (κ3) is 4.68. The zero-order valence-corrected chi connectivity index (χ0v) is 13.6. The third-order valence-corrected chi connectivity index (χ3v) is 3.64. The van der Waals surface area contributed by atoms with Crippen LogP contribution >= 0.6 is 11.6 Å². The molecule has 0 saturated carbocycles. The summed E-state index contributed by atoms with van der Waals surface area (Å²) in [5, 5.41) is 4.18. The predicted molar refractivity (Wildman–Crippen MR) is 90.7 cm³/mol. The second-order valence-electron chi connectivity index (χ2n) is 5.38. The SMILES string of the molecule is Cc1ccc(OCCCNc2c(C)cc(C)cc2Cl)cc1. The normalized spacial score (nSPS) is 10.5. The summed E-state index contributed by atoms with van der Waals surface area (Å²) in [4.78, 5) is 0. The molecular weight excluding hydrogens is 282 g/mol. The van der Waals surface area contributed by atoms with Gasteiger partial charge in [-0.15, -0.1) is 0 Å². The molecule has 0 radical (unpaired) electrons. The minimum absolute atomic E-state index is 0.693. The molecule has 0 unspecified atom stereocenters. The smallest absolute Gasteiger partial charge is 0.119 e. The summed E-state index contributed by atoms with van der Waals surface area (Å²) in [5.74, 6) is 0.921. The van der Waals surface area contributed by atoms with Gasteiger partial charge in [0.25, 0.3) is 0 Å². The minimum Gasteiger partial charge on any atom is -0.494 e. The van der Waals surface area contributed by atoms with Crippen molar-refractivity contribution >= 4 is 17.3 Å². The Morgan fingerprint density at radius 1 is 1.00 bits per heavy atom. The van der Waals surface area contributed by atoms with Gasteiger partial charge in [0, 0.05) is 6.54 Å². The molecule has 2 aromatic rings. The molecule has 112 valence electrons. The van der Waals surface area contributed by atoms with Crippen molar-refractivity contribution in [3.05, 3.63) is 58.1 Å². The lowest BCUT2D eigenvalue weighted by atomic mass is 10.1. The van der Waals surface area contributed by atoms with Gasteiger partial charge in [0.15, 0.2) is 0 Å². The number of rotatable bonds is 6. The first-order valence-corrected chi connectivity index (χ1v) is 7.64. The highest BCUT2D eigenvalue weighted by molar-refractivity contribution is 6.33. The third-order valence-electron chi connectivity index (χ3n) is 3.34. The molecule has 0 atom stereocenters. The van der Waals surface area contributed by atoms with Crippen LogP contribution in [-0.4, -0.2) is 13.2 Å². The van der Waals surface area contributed by atoms with Gasteiger partial charge in [-0.2, -0.15) is 0 Å². The maximum Gasteiger partial charge on any atom is 0.119 e. The molecule has 0 aliphatic heterocycles. The number of nitrogens with one attached hydrogen (secondary N) is 1. The Morgan fingerprint density at radius 3 is 2.38 bits per heavy atom. The van der Waals surface area contributed by atoms with E-state index in [9.17, 15) is 0 Å². The Balaban J connectivity index is 1.76. The fourth-order valence-electron chi connectivity index (χ4n) is 2.25. The van der Waals surface area contributed by atoms with Crippen LogP contribution < -0.4 is 10.1 Å². The summed E-state index contributed by atoms with van der Waals surface area (Å²) >= 11 is 6.26. The van der Waals surface area contributed by atoms with Crippen molar-refractivity contribution in [3.8, 4) is 5.75 Å². The molecule has 0 aliphatic rings. The van der Waals surface area contributed by atoms with E-state index in [1.807, 2.05) is 18.2 Å². The minimum atomic E-state index is 0.693. The summed E-state index contributed by atoms with van der Waals surface area (Å²) in [7, 11) is 0. The number of ether oxygens (including phenoxy) is 1. The van der Waals surface area contributed by atoms with Crippen molar-refractivity contribution < 1.29 is 4.74 Å². The van der Waals surface area contributed by atoms with E-state index < -0.39 is 0 Å². The van der Waals surface area contributed by atoms with Crippen molar-refractivity contribution in [1.82, 2.24) is 0 Å². The maximum atomic E-state index is 6.26. The van der Waals surface area contributed by atoms with Crippen molar-refractivity contribution in [2.24, 2.45) is 0 Å². The van der Waals surface area contributed by atoms with E-state index in [1.165, 1.54) is 16.7 Å². The zero-order valence-electron chi connectivity index (χ0n) is 12.9. The standard InChI is InChI=1S/C18H22ClNO/c1-13-5-7-16(8-6-13)21-10-4-9-20-18-15(3)11-14(2)12-17(18)19/h5-8,11-12,20H,4,9-10H2,1-3H3. The summed E-state index contributed by atoms with van der Waals surface area (Å²) in [6.07, 6.45) is 0.928. The number of aryl methyl sites for hydroxylation is 3. The Morgan fingerprint density at radius 2 is 1.71 bits per heavy atom. The number of hydrogen-bond acceptors (Lipinski definition) is 2. The van der Waals surface area contributed by atoms with Crippen molar-refractivity contribution in [3.63, 3.8) is 0 Å². The van der Waals surface area contributed by atoms with E-state index in [0.29, 0.717) is 6.61 Å². The summed E-state index contributed by atoms with van der Waals surface area (Å²) in [6.45, 7) is 7.73. The van der Waals surface area contributed by atoms with E-state index in [4.69, 9.17) is 16.3 Å². The van der Waals surface area contributed by atoms with Gasteiger partial charge in [0.05, 0.1) is 17.3 Å². The lowest BCUT2D eigenvalue weighted by Crippen LogP contribution is -2.08. The molecule has 2 aromatic carbocycles. The van der Waals surface area contributed by atoms with Crippen LogP contribution in [0.25, 0.3) is 0 Å². The van der Waals surface area contributed by atoms with E-state index in [0.717, 1.165) is 29.4 Å². The first kappa shape index (κ1) is 15.7. The van der Waals surface area contributed by atoms with Crippen LogP contribution in [0.3, 0.4) is 0 Å². The maximum absolute atomic E-state index is 6.26. The van der Waals surface area contributed by atoms with E-state index >= 15 is 0 Å². The van der Waals surface area contributed by atoms with Crippen molar-refractivity contribution in [1.29, 1.82) is 0 Å². The van der Waals surface area contributed by atoms with Gasteiger partial charge in [-0.1, -0.05) is 35.4 Å². The van der Waals surface area contributed by atoms with Crippen LogP contribution in [0.2, 0.25) is 5.02 Å². The van der Waals surface area contributed by atoms with Gasteiger partial charge < -0.3 is 10.1 Å². The lowest BCUT2D eigenvalue weighted by Gasteiger charge is -2.13. The summed E-state index contributed by atoms with van der Waals surface area (Å²) in [5.41, 5.74) is 4.64. The molecule has 0 bridgehead atoms. The Kier molecular flexibility index (Phi) is 5.51. The van der Waals surface area contributed by atoms with E-state index in [1.54, 1.807) is 0 Å². The Labute approximate surface area is 132 Å². The molecule has 1 N–H and O–H groups in total. The van der Waals surface area contributed by atoms with Crippen LogP contribution in [-0.2, 0) is 0 Å². The monoisotopic (exact) mass is 303 g/mol. The first-order valence-electron chi connectivity index (χ1n) is 7.26. The van der Waals surface area contributed by atoms with Gasteiger partial charge in [-0.3, -0.25) is 0 Å². The second kappa shape index (κ2) is 7.37. The molecule has 0 amide bonds. The van der Waals surface area contributed by atoms with Crippen LogP contribution in [0.15, 0.2) is 36.4 Å². The predicted octanol–water partition coefficient (Wildman–Crippen LogP) is 5.15. The highest BCUT2D eigenvalue weighted by Gasteiger charge is 2.04. The molecular formula is C18H22ClNO. The largest absolute Gasteiger partial charge is 0.494 e. The molecule has 0 aliphatic carbocycles. The van der Waals surface area contributed by atoms with Crippen LogP contribution in [0.4, 0.5) is 5.69 Å². The van der Waals surface area contributed by atoms with Gasteiger partial charge in [0.1, 0.15) is 5.75 Å². The summed E-state index contributed by atoms with van der Waals surface area (Å²) < 4.78 is 5.71. The average Bonchev–Trinajstić information content (AvgIpc) is 2.43. The molecule has 2 nitrogen and oxygen atoms in total. The van der Waals surface area contributed by atoms with Crippen LogP contribution in [0.5, 0.6) is 5.75 Å². The Bertz CT molecular complexity index is 570. The molecule has 2 rings (SSSR count). The van der Waals surface area contributed by atoms with Crippen molar-refractivity contribution in [2.45, 2.75) is 27.2 Å². The van der Waals surface area contributed by atoms with Crippen LogP contribution in [0.1, 0.15) is 23.1 Å². The van der Waals surface area contributed by atoms with Gasteiger partial charge in [0.2, 0.25) is 0 Å². The van der Waals surface area contributed by atoms with E-state index in [2.05, 4.69) is 44.3 Å². The number of halogens is 1. The molecule has 0 heterocycles. The molecule has 21 heavy (non-hydrogen) atoms. The first-order chi connectivity index (χ1) is 10.1. The molecule has 0 spiro atoms. The fourth-order valence-corrected chi connectivity index (χ4v) is 2.64. The number of hydrogen-bond donors (Lipinski definition) is 1.